The van der Waals surface area contributed by atoms with Crippen molar-refractivity contribution in [3.05, 3.63) is 27.5 Å². The average molecular weight is 334 g/mol. The van der Waals surface area contributed by atoms with Gasteiger partial charge in [0.2, 0.25) is 0 Å². The second-order valence-electron chi connectivity index (χ2n) is 3.22. The Balaban J connectivity index is 3.39. The second kappa shape index (κ2) is 5.17. The molecule has 0 saturated heterocycles. The predicted octanol–water partition coefficient (Wildman–Crippen LogP) is 3.43. The largest absolute Gasteiger partial charge is 0.481 e. The second-order valence-corrected chi connectivity index (χ2v) is 4.07. The Labute approximate surface area is 106 Å². The lowest BCUT2D eigenvalue weighted by atomic mass is 10.1. The molecule has 9 heteroatoms. The summed E-state index contributed by atoms with van der Waals surface area (Å²) in [6.45, 7) is 0. The minimum absolute atomic E-state index is 0.276. The zero-order valence-electron chi connectivity index (χ0n) is 8.43. The molecule has 0 radical (unpaired) electrons. The first-order valence-electron chi connectivity index (χ1n) is 4.39. The number of aliphatic carboxylic acids is 1. The molecule has 0 aliphatic carbocycles. The first-order valence-corrected chi connectivity index (χ1v) is 5.18. The van der Waals surface area contributed by atoms with Crippen LogP contribution in [0, 0.1) is 0 Å². The van der Waals surface area contributed by atoms with Crippen LogP contribution in [0.25, 0.3) is 0 Å². The van der Waals surface area contributed by atoms with Gasteiger partial charge in [0.25, 0.3) is 6.43 Å². The average Bonchev–Trinajstić information content (AvgIpc) is 2.17. The van der Waals surface area contributed by atoms with Crippen molar-refractivity contribution in [1.82, 2.24) is 4.98 Å². The van der Waals surface area contributed by atoms with Gasteiger partial charge in [-0.3, -0.25) is 4.79 Å². The van der Waals surface area contributed by atoms with E-state index in [0.29, 0.717) is 6.07 Å². The molecule has 100 valence electrons. The molecule has 0 aliphatic rings. The third-order valence-corrected chi connectivity index (χ3v) is 2.60. The number of carboxylic acids is 1. The lowest BCUT2D eigenvalue weighted by Crippen LogP contribution is -2.14. The third kappa shape index (κ3) is 3.37. The summed E-state index contributed by atoms with van der Waals surface area (Å²) in [4.78, 5) is 13.5. The molecule has 1 heterocycles. The molecule has 18 heavy (non-hydrogen) atoms. The number of hydrogen-bond donors (Lipinski definition) is 1. The highest BCUT2D eigenvalue weighted by atomic mass is 79.9. The van der Waals surface area contributed by atoms with Crippen molar-refractivity contribution in [1.29, 1.82) is 0 Å². The smallest absolute Gasteiger partial charge is 0.418 e. The number of nitrogens with zero attached hydrogens (tertiary/aromatic N) is 1. The number of halogens is 6. The molecule has 0 atom stereocenters. The van der Waals surface area contributed by atoms with E-state index in [-0.39, 0.29) is 10.2 Å². The first-order chi connectivity index (χ1) is 8.12. The number of alkyl halides is 5. The highest BCUT2D eigenvalue weighted by molar-refractivity contribution is 9.10. The fraction of sp³-hybridized carbons (Fsp3) is 0.333. The van der Waals surface area contributed by atoms with E-state index >= 15 is 0 Å². The van der Waals surface area contributed by atoms with Gasteiger partial charge in [-0.25, -0.2) is 13.8 Å². The molecule has 0 amide bonds. The van der Waals surface area contributed by atoms with E-state index < -0.39 is 36.2 Å². The third-order valence-electron chi connectivity index (χ3n) is 1.91. The van der Waals surface area contributed by atoms with Crippen LogP contribution < -0.4 is 0 Å². The van der Waals surface area contributed by atoms with E-state index in [1.165, 1.54) is 0 Å². The van der Waals surface area contributed by atoms with Crippen LogP contribution in [0.3, 0.4) is 0 Å². The number of carboxylic acid groups (broad SMARTS) is 1. The van der Waals surface area contributed by atoms with Crippen molar-refractivity contribution in [2.45, 2.75) is 19.0 Å². The molecule has 3 nitrogen and oxygen atoms in total. The van der Waals surface area contributed by atoms with Gasteiger partial charge in [-0.1, -0.05) is 0 Å². The summed E-state index contributed by atoms with van der Waals surface area (Å²) >= 11 is 2.68. The summed E-state index contributed by atoms with van der Waals surface area (Å²) < 4.78 is 62.1. The minimum atomic E-state index is -4.98. The van der Waals surface area contributed by atoms with Crippen LogP contribution in [-0.4, -0.2) is 16.1 Å². The zero-order valence-corrected chi connectivity index (χ0v) is 10.0. The van der Waals surface area contributed by atoms with Crippen LogP contribution in [0.1, 0.15) is 23.4 Å². The number of hydrogen-bond acceptors (Lipinski definition) is 2. The summed E-state index contributed by atoms with van der Waals surface area (Å²) in [5.74, 6) is -1.39. The molecule has 0 aromatic carbocycles. The molecule has 1 N–H and O–H groups in total. The molecule has 0 unspecified atom stereocenters. The number of aromatic nitrogens is 1. The fourth-order valence-corrected chi connectivity index (χ4v) is 1.66. The summed E-state index contributed by atoms with van der Waals surface area (Å²) in [6.07, 6.45) is -9.18. The molecule has 0 saturated carbocycles. The number of rotatable bonds is 3. The molecule has 1 rings (SSSR count). The first kappa shape index (κ1) is 14.8. The van der Waals surface area contributed by atoms with Crippen molar-refractivity contribution in [3.63, 3.8) is 0 Å². The summed E-state index contributed by atoms with van der Waals surface area (Å²) in [7, 11) is 0. The topological polar surface area (TPSA) is 50.2 Å². The summed E-state index contributed by atoms with van der Waals surface area (Å²) in [5.41, 5.74) is -3.44. The molecular formula is C9H5BrF5NO2. The Kier molecular flexibility index (Phi) is 4.25. The molecule has 0 spiro atoms. The van der Waals surface area contributed by atoms with E-state index in [4.69, 9.17) is 5.11 Å². The van der Waals surface area contributed by atoms with Crippen LogP contribution in [0.2, 0.25) is 0 Å². The van der Waals surface area contributed by atoms with Crippen LogP contribution in [0.4, 0.5) is 22.0 Å². The Morgan fingerprint density at radius 2 is 2.00 bits per heavy atom. The van der Waals surface area contributed by atoms with E-state index in [0.717, 1.165) is 0 Å². The molecular weight excluding hydrogens is 329 g/mol. The zero-order chi connectivity index (χ0) is 14.1. The Bertz CT molecular complexity index is 475. The molecule has 1 aromatic rings. The molecule has 0 bridgehead atoms. The van der Waals surface area contributed by atoms with Crippen LogP contribution in [-0.2, 0) is 17.4 Å². The van der Waals surface area contributed by atoms with Crippen molar-refractivity contribution in [2.75, 3.05) is 0 Å². The van der Waals surface area contributed by atoms with E-state index in [9.17, 15) is 26.7 Å². The maximum Gasteiger partial charge on any atom is 0.418 e. The predicted molar refractivity (Wildman–Crippen MR) is 53.2 cm³/mol. The lowest BCUT2D eigenvalue weighted by molar-refractivity contribution is -0.140. The van der Waals surface area contributed by atoms with E-state index in [1.54, 1.807) is 0 Å². The van der Waals surface area contributed by atoms with Gasteiger partial charge in [0.1, 0.15) is 5.69 Å². The van der Waals surface area contributed by atoms with Gasteiger partial charge in [-0.15, -0.1) is 0 Å². The highest BCUT2D eigenvalue weighted by Gasteiger charge is 2.37. The Morgan fingerprint density at radius 1 is 1.44 bits per heavy atom. The highest BCUT2D eigenvalue weighted by Crippen LogP contribution is 2.37. The van der Waals surface area contributed by atoms with E-state index in [1.807, 2.05) is 0 Å². The maximum absolute atomic E-state index is 12.5. The maximum atomic E-state index is 12.5. The van der Waals surface area contributed by atoms with Crippen molar-refractivity contribution in [3.8, 4) is 0 Å². The number of carbonyl (C=O) groups is 1. The van der Waals surface area contributed by atoms with Gasteiger partial charge in [0.15, 0.2) is 0 Å². The molecule has 0 fully saturated rings. The van der Waals surface area contributed by atoms with Crippen molar-refractivity contribution in [2.24, 2.45) is 0 Å². The van der Waals surface area contributed by atoms with Gasteiger partial charge in [-0.2, -0.15) is 13.2 Å². The normalized spacial score (nSPS) is 11.9. The standard InChI is InChI=1S/C9H5BrF5NO2/c10-4-1-3(9(13,14)15)7(8(11)12)16-5(4)2-6(17)18/h1,8H,2H2,(H,17,18). The SMILES string of the molecule is O=C(O)Cc1nc(C(F)F)c(C(F)(F)F)cc1Br. The van der Waals surface area contributed by atoms with Crippen LogP contribution in [0.15, 0.2) is 10.5 Å². The summed E-state index contributed by atoms with van der Waals surface area (Å²) in [6, 6.07) is 0.409. The van der Waals surface area contributed by atoms with E-state index in [2.05, 4.69) is 20.9 Å². The number of pyridine rings is 1. The van der Waals surface area contributed by atoms with Gasteiger partial charge in [0.05, 0.1) is 17.7 Å². The quantitative estimate of drug-likeness (QED) is 0.862. The van der Waals surface area contributed by atoms with Gasteiger partial charge < -0.3 is 5.11 Å². The van der Waals surface area contributed by atoms with Gasteiger partial charge in [0, 0.05) is 4.47 Å². The minimum Gasteiger partial charge on any atom is -0.481 e. The van der Waals surface area contributed by atoms with Crippen molar-refractivity contribution >= 4 is 21.9 Å². The Morgan fingerprint density at radius 3 is 2.39 bits per heavy atom. The molecule has 0 aliphatic heterocycles. The van der Waals surface area contributed by atoms with Crippen LogP contribution in [0.5, 0.6) is 0 Å². The van der Waals surface area contributed by atoms with Gasteiger partial charge >= 0.3 is 12.1 Å². The fourth-order valence-electron chi connectivity index (χ4n) is 1.20. The Hall–Kier alpha value is -1.25. The monoisotopic (exact) mass is 333 g/mol. The van der Waals surface area contributed by atoms with Crippen LogP contribution >= 0.6 is 15.9 Å². The van der Waals surface area contributed by atoms with Gasteiger partial charge in [-0.05, 0) is 22.0 Å². The van der Waals surface area contributed by atoms with Crippen molar-refractivity contribution < 1.29 is 31.9 Å². The summed E-state index contributed by atoms with van der Waals surface area (Å²) in [5, 5.41) is 8.48. The lowest BCUT2D eigenvalue weighted by Gasteiger charge is -2.13. The molecule has 1 aromatic heterocycles.